The molecule has 0 saturated carbocycles. The third-order valence-corrected chi connectivity index (χ3v) is 3.57. The number of rotatable bonds is 7. The van der Waals surface area contributed by atoms with Crippen LogP contribution >= 0.6 is 23.4 Å². The summed E-state index contributed by atoms with van der Waals surface area (Å²) in [6.45, 7) is 0. The number of aliphatic carboxylic acids is 1. The molecule has 1 aromatic rings. The smallest absolute Gasteiger partial charge is 0.288 e. The van der Waals surface area contributed by atoms with Crippen LogP contribution < -0.4 is 10.4 Å². The van der Waals surface area contributed by atoms with Gasteiger partial charge in [-0.1, -0.05) is 11.6 Å². The second-order valence-electron chi connectivity index (χ2n) is 4.05. The fraction of sp³-hybridized carbons (Fsp3) is 0.333. The van der Waals surface area contributed by atoms with Gasteiger partial charge in [0.1, 0.15) is 5.02 Å². The van der Waals surface area contributed by atoms with Crippen LogP contribution in [0.25, 0.3) is 0 Å². The van der Waals surface area contributed by atoms with E-state index in [0.29, 0.717) is 5.75 Å². The molecule has 0 unspecified atom stereocenters. The molecular weight excluding hydrogens is 320 g/mol. The van der Waals surface area contributed by atoms with Gasteiger partial charge in [-0.2, -0.15) is 11.8 Å². The van der Waals surface area contributed by atoms with Crippen LogP contribution in [0, 0.1) is 10.1 Å². The highest BCUT2D eigenvalue weighted by atomic mass is 35.5. The molecule has 1 N–H and O–H groups in total. The summed E-state index contributed by atoms with van der Waals surface area (Å²) in [5.74, 6) is -1.61. The second kappa shape index (κ2) is 7.84. The highest BCUT2D eigenvalue weighted by Gasteiger charge is 2.19. The molecule has 0 aliphatic carbocycles. The summed E-state index contributed by atoms with van der Waals surface area (Å²) in [5, 5.41) is 23.9. The number of hydrogen-bond donors (Lipinski definition) is 1. The van der Waals surface area contributed by atoms with Gasteiger partial charge in [-0.05, 0) is 30.6 Å². The van der Waals surface area contributed by atoms with Gasteiger partial charge in [-0.3, -0.25) is 14.9 Å². The van der Waals surface area contributed by atoms with Gasteiger partial charge in [-0.15, -0.1) is 0 Å². The number of halogens is 1. The minimum atomic E-state index is -1.40. The molecule has 0 heterocycles. The van der Waals surface area contributed by atoms with Crippen LogP contribution in [0.3, 0.4) is 0 Å². The number of nitro benzene ring substituents is 1. The average molecular weight is 332 g/mol. The molecule has 0 fully saturated rings. The molecule has 1 aromatic carbocycles. The first kappa shape index (κ1) is 17.3. The summed E-state index contributed by atoms with van der Waals surface area (Å²) < 4.78 is 0. The van der Waals surface area contributed by atoms with Gasteiger partial charge in [0.2, 0.25) is 0 Å². The van der Waals surface area contributed by atoms with Gasteiger partial charge in [0, 0.05) is 11.6 Å². The van der Waals surface area contributed by atoms with Crippen LogP contribution in [0.1, 0.15) is 16.8 Å². The van der Waals surface area contributed by atoms with Gasteiger partial charge in [0.05, 0.1) is 16.9 Å². The van der Waals surface area contributed by atoms with Gasteiger partial charge >= 0.3 is 0 Å². The maximum absolute atomic E-state index is 11.9. The molecule has 1 rings (SSSR count). The number of carboxylic acids is 1. The molecular formula is C12H12ClN2O5S-. The Morgan fingerprint density at radius 2 is 2.14 bits per heavy atom. The number of amides is 1. The van der Waals surface area contributed by atoms with E-state index in [-0.39, 0.29) is 17.0 Å². The molecule has 0 spiro atoms. The first-order valence-electron chi connectivity index (χ1n) is 5.81. The Hall–Kier alpha value is -1.80. The van der Waals surface area contributed by atoms with E-state index in [2.05, 4.69) is 5.32 Å². The van der Waals surface area contributed by atoms with E-state index in [4.69, 9.17) is 11.6 Å². The van der Waals surface area contributed by atoms with Gasteiger partial charge in [0.15, 0.2) is 0 Å². The van der Waals surface area contributed by atoms with E-state index in [1.807, 2.05) is 0 Å². The van der Waals surface area contributed by atoms with Crippen molar-refractivity contribution >= 4 is 40.9 Å². The molecule has 114 valence electrons. The molecule has 21 heavy (non-hydrogen) atoms. The number of nitro groups is 1. The number of nitrogens with zero attached hydrogens (tertiary/aromatic N) is 1. The Bertz CT molecular complexity index is 567. The maximum atomic E-state index is 11.9. The number of nitrogens with one attached hydrogen (secondary N) is 1. The zero-order valence-corrected chi connectivity index (χ0v) is 12.6. The highest BCUT2D eigenvalue weighted by Crippen LogP contribution is 2.25. The third kappa shape index (κ3) is 4.91. The summed E-state index contributed by atoms with van der Waals surface area (Å²) in [5.41, 5.74) is -0.458. The molecule has 0 aromatic heterocycles. The average Bonchev–Trinajstić information content (AvgIpc) is 2.42. The van der Waals surface area contributed by atoms with Crippen molar-refractivity contribution < 1.29 is 19.6 Å². The fourth-order valence-corrected chi connectivity index (χ4v) is 2.18. The molecule has 0 bridgehead atoms. The molecule has 9 heteroatoms. The number of benzene rings is 1. The first-order chi connectivity index (χ1) is 9.86. The minimum Gasteiger partial charge on any atom is -0.548 e. The Morgan fingerprint density at radius 3 is 2.67 bits per heavy atom. The molecule has 0 aliphatic rings. The van der Waals surface area contributed by atoms with E-state index >= 15 is 0 Å². The van der Waals surface area contributed by atoms with Gasteiger partial charge in [0.25, 0.3) is 11.6 Å². The van der Waals surface area contributed by atoms with Crippen molar-refractivity contribution in [3.8, 4) is 0 Å². The van der Waals surface area contributed by atoms with Crippen LogP contribution in [-0.4, -0.2) is 34.9 Å². The van der Waals surface area contributed by atoms with E-state index in [1.165, 1.54) is 23.9 Å². The summed E-state index contributed by atoms with van der Waals surface area (Å²) in [6.07, 6.45) is 2.00. The Morgan fingerprint density at radius 1 is 1.48 bits per heavy atom. The lowest BCUT2D eigenvalue weighted by Gasteiger charge is -2.19. The minimum absolute atomic E-state index is 0.0403. The Labute approximate surface area is 129 Å². The molecule has 1 atom stereocenters. The quantitative estimate of drug-likeness (QED) is 0.585. The predicted octanol–water partition coefficient (Wildman–Crippen LogP) is 0.850. The van der Waals surface area contributed by atoms with E-state index < -0.39 is 28.5 Å². The molecule has 0 aliphatic heterocycles. The van der Waals surface area contributed by atoms with Crippen molar-refractivity contribution in [1.29, 1.82) is 0 Å². The van der Waals surface area contributed by atoms with Crippen LogP contribution in [0.15, 0.2) is 18.2 Å². The third-order valence-electron chi connectivity index (χ3n) is 2.61. The second-order valence-corrected chi connectivity index (χ2v) is 5.44. The van der Waals surface area contributed by atoms with E-state index in [9.17, 15) is 24.8 Å². The van der Waals surface area contributed by atoms with Crippen molar-refractivity contribution in [2.24, 2.45) is 0 Å². The Kier molecular flexibility index (Phi) is 6.44. The standard InChI is InChI=1S/C12H13ClN2O5S/c1-21-5-4-9(12(17)18)14-11(16)7-2-3-8(13)10(6-7)15(19)20/h2-3,6,9H,4-5H2,1H3,(H,14,16)(H,17,18)/p-1/t9-/m1/s1. The molecule has 7 nitrogen and oxygen atoms in total. The SMILES string of the molecule is CSCC[C@@H](NC(=O)c1ccc(Cl)c([N+](=O)[O-])c1)C(=O)[O-]. The lowest BCUT2D eigenvalue weighted by atomic mass is 10.1. The van der Waals surface area contributed by atoms with Crippen molar-refractivity contribution in [1.82, 2.24) is 5.32 Å². The van der Waals surface area contributed by atoms with Gasteiger partial charge < -0.3 is 15.2 Å². The van der Waals surface area contributed by atoms with Gasteiger partial charge in [-0.25, -0.2) is 0 Å². The van der Waals surface area contributed by atoms with Crippen LogP contribution in [-0.2, 0) is 4.79 Å². The van der Waals surface area contributed by atoms with E-state index in [1.54, 1.807) is 6.26 Å². The topological polar surface area (TPSA) is 112 Å². The number of hydrogen-bond acceptors (Lipinski definition) is 6. The summed E-state index contributed by atoms with van der Waals surface area (Å²) in [6, 6.07) is 2.34. The van der Waals surface area contributed by atoms with Crippen LogP contribution in [0.4, 0.5) is 5.69 Å². The summed E-state index contributed by atoms with van der Waals surface area (Å²) in [4.78, 5) is 32.9. The van der Waals surface area contributed by atoms with Crippen LogP contribution in [0.2, 0.25) is 5.02 Å². The van der Waals surface area contributed by atoms with E-state index in [0.717, 1.165) is 6.07 Å². The zero-order valence-electron chi connectivity index (χ0n) is 11.0. The highest BCUT2D eigenvalue weighted by molar-refractivity contribution is 7.98. The Balaban J connectivity index is 2.90. The zero-order chi connectivity index (χ0) is 16.0. The van der Waals surface area contributed by atoms with Crippen molar-refractivity contribution in [2.45, 2.75) is 12.5 Å². The van der Waals surface area contributed by atoms with Crippen molar-refractivity contribution in [3.63, 3.8) is 0 Å². The van der Waals surface area contributed by atoms with Crippen LogP contribution in [0.5, 0.6) is 0 Å². The maximum Gasteiger partial charge on any atom is 0.288 e. The number of carbonyl (C=O) groups is 2. The first-order valence-corrected chi connectivity index (χ1v) is 7.58. The molecule has 0 saturated heterocycles. The number of thioether (sulfide) groups is 1. The van der Waals surface area contributed by atoms with Crippen molar-refractivity contribution in [3.05, 3.63) is 38.9 Å². The number of carbonyl (C=O) groups excluding carboxylic acids is 2. The van der Waals surface area contributed by atoms with Crippen molar-refractivity contribution in [2.75, 3.05) is 12.0 Å². The monoisotopic (exact) mass is 331 g/mol. The lowest BCUT2D eigenvalue weighted by molar-refractivity contribution is -0.384. The fourth-order valence-electron chi connectivity index (χ4n) is 1.52. The summed E-state index contributed by atoms with van der Waals surface area (Å²) in [7, 11) is 0. The predicted molar refractivity (Wildman–Crippen MR) is 77.4 cm³/mol. The molecule has 1 amide bonds. The largest absolute Gasteiger partial charge is 0.548 e. The lowest BCUT2D eigenvalue weighted by Crippen LogP contribution is -2.48. The normalized spacial score (nSPS) is 11.7. The summed E-state index contributed by atoms with van der Waals surface area (Å²) >= 11 is 7.07. The number of carboxylic acid groups (broad SMARTS) is 1. The molecule has 0 radical (unpaired) electrons.